The smallest absolute Gasteiger partial charge is 0.431 e. The number of thioether (sulfide) groups is 1. The maximum Gasteiger partial charge on any atom is 0.431 e. The lowest BCUT2D eigenvalue weighted by Gasteiger charge is -2.19. The van der Waals surface area contributed by atoms with Crippen LogP contribution in [-0.2, 0) is 16.1 Å². The number of carbonyl (C=O) groups excluding carboxylic acids is 1. The van der Waals surface area contributed by atoms with Gasteiger partial charge in [-0.15, -0.1) is 16.9 Å². The molecule has 1 N–H and O–H groups in total. The molecule has 11 heteroatoms. The topological polar surface area (TPSA) is 94.3 Å². The zero-order chi connectivity index (χ0) is 25.1. The Labute approximate surface area is 197 Å². The van der Waals surface area contributed by atoms with Gasteiger partial charge in [0.1, 0.15) is 10.4 Å². The Morgan fingerprint density at radius 2 is 1.71 bits per heavy atom. The zero-order valence-corrected chi connectivity index (χ0v) is 19.4. The Hall–Kier alpha value is -3.34. The molecular formula is C23H22F3N3O4S. The summed E-state index contributed by atoms with van der Waals surface area (Å²) in [5.41, 5.74) is 1.22. The molecule has 34 heavy (non-hydrogen) atoms. The maximum absolute atomic E-state index is 13.7. The molecule has 0 amide bonds. The molecule has 0 unspecified atom stereocenters. The van der Waals surface area contributed by atoms with Crippen LogP contribution in [0.2, 0.25) is 0 Å². The number of carbonyl (C=O) groups is 2. The van der Waals surface area contributed by atoms with E-state index in [1.807, 2.05) is 31.2 Å². The van der Waals surface area contributed by atoms with Gasteiger partial charge < -0.3 is 9.84 Å². The summed E-state index contributed by atoms with van der Waals surface area (Å²) in [4.78, 5) is 24.2. The highest BCUT2D eigenvalue weighted by molar-refractivity contribution is 8.01. The van der Waals surface area contributed by atoms with E-state index in [0.29, 0.717) is 4.90 Å². The van der Waals surface area contributed by atoms with Crippen molar-refractivity contribution < 1.29 is 32.6 Å². The number of nitrogens with zero attached hydrogens (tertiary/aromatic N) is 3. The molecule has 1 heterocycles. The number of halogens is 3. The molecular weight excluding hydrogens is 471 g/mol. The number of rotatable bonds is 8. The van der Waals surface area contributed by atoms with E-state index in [2.05, 4.69) is 10.3 Å². The summed E-state index contributed by atoms with van der Waals surface area (Å²) < 4.78 is 45.9. The van der Waals surface area contributed by atoms with Gasteiger partial charge in [0.05, 0.1) is 18.3 Å². The largest absolute Gasteiger partial charge is 0.480 e. The standard InChI is InChI=1S/C23H22F3N3O4S/c1-14-4-6-15(7-5-14)12-29-13-18(27-28-29)19(23(24,25)26)33-20(30)16-8-10-17(11-9-16)34-22(2,3)21(31)32/h4-11,13,19H,12H2,1-3H3,(H,31,32)/t19-/m0/s1. The molecule has 3 aromatic rings. The summed E-state index contributed by atoms with van der Waals surface area (Å²) in [5.74, 6) is -2.21. The third-order valence-electron chi connectivity index (χ3n) is 4.79. The molecule has 0 saturated carbocycles. The molecule has 7 nitrogen and oxygen atoms in total. The number of aliphatic carboxylic acids is 1. The van der Waals surface area contributed by atoms with E-state index in [-0.39, 0.29) is 12.1 Å². The van der Waals surface area contributed by atoms with Crippen molar-refractivity contribution >= 4 is 23.7 Å². The van der Waals surface area contributed by atoms with E-state index in [4.69, 9.17) is 4.74 Å². The van der Waals surface area contributed by atoms with Gasteiger partial charge in [0.25, 0.3) is 0 Å². The number of alkyl halides is 3. The second-order valence-electron chi connectivity index (χ2n) is 8.10. The van der Waals surface area contributed by atoms with Gasteiger partial charge in [0, 0.05) is 4.90 Å². The molecule has 0 bridgehead atoms. The van der Waals surface area contributed by atoms with Gasteiger partial charge in [-0.3, -0.25) is 4.79 Å². The number of carboxylic acids is 1. The van der Waals surface area contributed by atoms with Crippen LogP contribution in [0.15, 0.2) is 59.6 Å². The first-order chi connectivity index (χ1) is 15.8. The Bertz CT molecular complexity index is 1160. The van der Waals surface area contributed by atoms with Gasteiger partial charge >= 0.3 is 18.1 Å². The number of aryl methyl sites for hydroxylation is 1. The van der Waals surface area contributed by atoms with E-state index in [1.54, 1.807) is 0 Å². The quantitative estimate of drug-likeness (QED) is 0.347. The van der Waals surface area contributed by atoms with Crippen molar-refractivity contribution in [2.24, 2.45) is 0 Å². The fourth-order valence-corrected chi connectivity index (χ4v) is 3.81. The molecule has 0 aliphatic rings. The van der Waals surface area contributed by atoms with Crippen molar-refractivity contribution in [3.63, 3.8) is 0 Å². The highest BCUT2D eigenvalue weighted by atomic mass is 32.2. The number of aromatic nitrogens is 3. The molecule has 0 saturated heterocycles. The first-order valence-electron chi connectivity index (χ1n) is 10.1. The average molecular weight is 494 g/mol. The first kappa shape index (κ1) is 25.3. The van der Waals surface area contributed by atoms with Gasteiger partial charge in [-0.2, -0.15) is 13.2 Å². The summed E-state index contributed by atoms with van der Waals surface area (Å²) in [6.45, 7) is 5.16. The monoisotopic (exact) mass is 493 g/mol. The van der Waals surface area contributed by atoms with Crippen LogP contribution in [0.3, 0.4) is 0 Å². The second kappa shape index (κ2) is 9.88. The molecule has 3 rings (SSSR count). The Kier molecular flexibility index (Phi) is 7.35. The van der Waals surface area contributed by atoms with Crippen LogP contribution < -0.4 is 0 Å². The Morgan fingerprint density at radius 1 is 1.09 bits per heavy atom. The summed E-state index contributed by atoms with van der Waals surface area (Å²) in [5, 5.41) is 16.5. The van der Waals surface area contributed by atoms with Crippen molar-refractivity contribution in [3.05, 3.63) is 77.1 Å². The predicted octanol–water partition coefficient (Wildman–Crippen LogP) is 5.05. The van der Waals surface area contributed by atoms with E-state index >= 15 is 0 Å². The van der Waals surface area contributed by atoms with Crippen LogP contribution in [0.1, 0.15) is 47.1 Å². The molecule has 0 aliphatic carbocycles. The fraction of sp³-hybridized carbons (Fsp3) is 0.304. The minimum absolute atomic E-state index is 0.112. The summed E-state index contributed by atoms with van der Waals surface area (Å²) in [7, 11) is 0. The van der Waals surface area contributed by atoms with Gasteiger partial charge in [-0.25, -0.2) is 9.48 Å². The lowest BCUT2D eigenvalue weighted by atomic mass is 10.1. The van der Waals surface area contributed by atoms with E-state index in [9.17, 15) is 27.9 Å². The molecule has 0 aliphatic heterocycles. The number of benzene rings is 2. The van der Waals surface area contributed by atoms with Crippen LogP contribution in [-0.4, -0.2) is 43.0 Å². The first-order valence-corrected chi connectivity index (χ1v) is 10.9. The normalized spacial score (nSPS) is 12.9. The molecule has 2 aromatic carbocycles. The van der Waals surface area contributed by atoms with Crippen molar-refractivity contribution in [2.75, 3.05) is 0 Å². The van der Waals surface area contributed by atoms with Crippen LogP contribution in [0, 0.1) is 6.92 Å². The van der Waals surface area contributed by atoms with E-state index in [0.717, 1.165) is 29.1 Å². The van der Waals surface area contributed by atoms with Gasteiger partial charge in [0.2, 0.25) is 6.10 Å². The van der Waals surface area contributed by atoms with Crippen LogP contribution >= 0.6 is 11.8 Å². The lowest BCUT2D eigenvalue weighted by Crippen LogP contribution is -2.27. The SMILES string of the molecule is Cc1ccc(Cn2cc([C@H](OC(=O)c3ccc(SC(C)(C)C(=O)O)cc3)C(F)(F)F)nn2)cc1. The number of hydrogen-bond donors (Lipinski definition) is 1. The highest BCUT2D eigenvalue weighted by Crippen LogP contribution is 2.36. The summed E-state index contributed by atoms with van der Waals surface area (Å²) in [6.07, 6.45) is -6.40. The molecule has 0 fully saturated rings. The minimum atomic E-state index is -4.90. The molecule has 1 atom stereocenters. The fourth-order valence-electron chi connectivity index (χ4n) is 2.86. The molecule has 1 aromatic heterocycles. The van der Waals surface area contributed by atoms with Crippen molar-refractivity contribution in [1.29, 1.82) is 0 Å². The van der Waals surface area contributed by atoms with E-state index in [1.165, 1.54) is 42.8 Å². The number of esters is 1. The number of ether oxygens (including phenoxy) is 1. The predicted molar refractivity (Wildman–Crippen MR) is 119 cm³/mol. The zero-order valence-electron chi connectivity index (χ0n) is 18.5. The third-order valence-corrected chi connectivity index (χ3v) is 5.98. The van der Waals surface area contributed by atoms with Crippen LogP contribution in [0.25, 0.3) is 0 Å². The van der Waals surface area contributed by atoms with Gasteiger partial charge in [0.15, 0.2) is 0 Å². The maximum atomic E-state index is 13.7. The summed E-state index contributed by atoms with van der Waals surface area (Å²) >= 11 is 1.04. The molecule has 0 radical (unpaired) electrons. The van der Waals surface area contributed by atoms with Crippen molar-refractivity contribution in [1.82, 2.24) is 15.0 Å². The minimum Gasteiger partial charge on any atom is -0.480 e. The average Bonchev–Trinajstić information content (AvgIpc) is 3.20. The second-order valence-corrected chi connectivity index (χ2v) is 9.79. The Morgan fingerprint density at radius 3 is 2.26 bits per heavy atom. The highest BCUT2D eigenvalue weighted by Gasteiger charge is 2.46. The van der Waals surface area contributed by atoms with Crippen molar-refractivity contribution in [2.45, 2.75) is 49.2 Å². The van der Waals surface area contributed by atoms with Crippen LogP contribution in [0.5, 0.6) is 0 Å². The third kappa shape index (κ3) is 6.37. The van der Waals surface area contributed by atoms with Crippen LogP contribution in [0.4, 0.5) is 13.2 Å². The summed E-state index contributed by atoms with van der Waals surface area (Å²) in [6, 6.07) is 12.9. The Balaban J connectivity index is 1.73. The van der Waals surface area contributed by atoms with E-state index < -0.39 is 34.7 Å². The molecule has 180 valence electrons. The molecule has 0 spiro atoms. The van der Waals surface area contributed by atoms with Crippen molar-refractivity contribution in [3.8, 4) is 0 Å². The number of hydrogen-bond acceptors (Lipinski definition) is 6. The number of carboxylic acid groups (broad SMARTS) is 1. The van der Waals surface area contributed by atoms with Gasteiger partial charge in [-0.05, 0) is 50.6 Å². The lowest BCUT2D eigenvalue weighted by molar-refractivity contribution is -0.208. The van der Waals surface area contributed by atoms with Gasteiger partial charge in [-0.1, -0.05) is 35.0 Å².